The van der Waals surface area contributed by atoms with Gasteiger partial charge in [0.05, 0.1) is 13.7 Å². The molecule has 1 amide bonds. The largest absolute Gasteiger partial charge is 0.493 e. The van der Waals surface area contributed by atoms with Crippen molar-refractivity contribution in [3.63, 3.8) is 0 Å². The normalized spacial score (nSPS) is 10.7. The lowest BCUT2D eigenvalue weighted by molar-refractivity contribution is 0.0946. The smallest absolute Gasteiger partial charge is 0.271 e. The first kappa shape index (κ1) is 21.0. The Bertz CT molecular complexity index is 1230. The third-order valence-electron chi connectivity index (χ3n) is 4.58. The Labute approximate surface area is 184 Å². The molecule has 0 aliphatic carbocycles. The molecule has 10 heteroatoms. The standard InChI is InChI=1S/C22H22N6O4/c1-4-31-19-9-15(5-6-18(19)30-3)11-24-21(29)17-12-28(13-25-17)20-10-16(7-8-23-20)22-26-14(2)27-32-22/h5-10,12-13H,4,11H2,1-3H3,(H,24,29). The van der Waals surface area contributed by atoms with Crippen LogP contribution in [0.1, 0.15) is 28.8 Å². The summed E-state index contributed by atoms with van der Waals surface area (Å²) in [6, 6.07) is 9.07. The van der Waals surface area contributed by atoms with E-state index in [4.69, 9.17) is 14.0 Å². The van der Waals surface area contributed by atoms with Crippen LogP contribution in [-0.2, 0) is 6.54 Å². The fourth-order valence-corrected chi connectivity index (χ4v) is 3.04. The number of carbonyl (C=O) groups is 1. The molecule has 4 rings (SSSR count). The molecule has 164 valence electrons. The van der Waals surface area contributed by atoms with Gasteiger partial charge in [-0.15, -0.1) is 0 Å². The van der Waals surface area contributed by atoms with Crippen molar-refractivity contribution < 1.29 is 18.8 Å². The molecule has 0 saturated carbocycles. The van der Waals surface area contributed by atoms with E-state index in [1.807, 2.05) is 25.1 Å². The maximum absolute atomic E-state index is 12.6. The summed E-state index contributed by atoms with van der Waals surface area (Å²) < 4.78 is 17.7. The summed E-state index contributed by atoms with van der Waals surface area (Å²) in [5.74, 6) is 2.49. The molecule has 1 N–H and O–H groups in total. The summed E-state index contributed by atoms with van der Waals surface area (Å²) in [5.41, 5.74) is 1.87. The number of hydrogen-bond acceptors (Lipinski definition) is 8. The zero-order valence-corrected chi connectivity index (χ0v) is 17.9. The summed E-state index contributed by atoms with van der Waals surface area (Å²) >= 11 is 0. The van der Waals surface area contributed by atoms with Crippen LogP contribution in [0.25, 0.3) is 17.3 Å². The van der Waals surface area contributed by atoms with E-state index >= 15 is 0 Å². The van der Waals surface area contributed by atoms with Crippen molar-refractivity contribution in [1.29, 1.82) is 0 Å². The summed E-state index contributed by atoms with van der Waals surface area (Å²) in [5, 5.41) is 6.66. The number of nitrogens with zero attached hydrogens (tertiary/aromatic N) is 5. The Hall–Kier alpha value is -4.21. The van der Waals surface area contributed by atoms with Crippen molar-refractivity contribution >= 4 is 5.91 Å². The number of carbonyl (C=O) groups excluding carboxylic acids is 1. The van der Waals surface area contributed by atoms with Crippen LogP contribution in [0.15, 0.2) is 53.6 Å². The number of ether oxygens (including phenoxy) is 2. The van der Waals surface area contributed by atoms with Gasteiger partial charge >= 0.3 is 0 Å². The lowest BCUT2D eigenvalue weighted by Crippen LogP contribution is -2.23. The fourth-order valence-electron chi connectivity index (χ4n) is 3.04. The molecule has 3 aromatic heterocycles. The molecule has 3 heterocycles. The molecular formula is C22H22N6O4. The Morgan fingerprint density at radius 1 is 1.19 bits per heavy atom. The van der Waals surface area contributed by atoms with Crippen LogP contribution in [0, 0.1) is 6.92 Å². The number of imidazole rings is 1. The highest BCUT2D eigenvalue weighted by molar-refractivity contribution is 5.92. The third-order valence-corrected chi connectivity index (χ3v) is 4.58. The second kappa shape index (κ2) is 9.29. The summed E-state index contributed by atoms with van der Waals surface area (Å²) in [6.45, 7) is 4.49. The minimum atomic E-state index is -0.304. The second-order valence-electron chi connectivity index (χ2n) is 6.82. The number of aryl methyl sites for hydroxylation is 1. The maximum atomic E-state index is 12.6. The first-order valence-electron chi connectivity index (χ1n) is 9.96. The molecule has 0 spiro atoms. The lowest BCUT2D eigenvalue weighted by atomic mass is 10.2. The number of hydrogen-bond donors (Lipinski definition) is 1. The lowest BCUT2D eigenvalue weighted by Gasteiger charge is -2.11. The third kappa shape index (κ3) is 4.59. The molecule has 0 bridgehead atoms. The number of rotatable bonds is 8. The van der Waals surface area contributed by atoms with E-state index < -0.39 is 0 Å². The molecule has 0 saturated heterocycles. The van der Waals surface area contributed by atoms with E-state index in [-0.39, 0.29) is 11.6 Å². The average molecular weight is 434 g/mol. The van der Waals surface area contributed by atoms with Gasteiger partial charge in [0.15, 0.2) is 17.3 Å². The van der Waals surface area contributed by atoms with Crippen molar-refractivity contribution in [3.8, 4) is 28.8 Å². The average Bonchev–Trinajstić information content (AvgIpc) is 3.48. The monoisotopic (exact) mass is 434 g/mol. The topological polar surface area (TPSA) is 117 Å². The van der Waals surface area contributed by atoms with Gasteiger partial charge in [-0.2, -0.15) is 4.98 Å². The Morgan fingerprint density at radius 3 is 2.81 bits per heavy atom. The number of amides is 1. The first-order valence-corrected chi connectivity index (χ1v) is 9.96. The predicted molar refractivity (Wildman–Crippen MR) is 115 cm³/mol. The molecule has 0 atom stereocenters. The Kier molecular flexibility index (Phi) is 6.11. The Morgan fingerprint density at radius 2 is 2.06 bits per heavy atom. The Balaban J connectivity index is 1.45. The molecule has 32 heavy (non-hydrogen) atoms. The van der Waals surface area contributed by atoms with Crippen LogP contribution in [0.4, 0.5) is 0 Å². The number of nitrogens with one attached hydrogen (secondary N) is 1. The van der Waals surface area contributed by atoms with E-state index in [1.54, 1.807) is 43.1 Å². The van der Waals surface area contributed by atoms with Crippen LogP contribution in [-0.4, -0.2) is 44.3 Å². The maximum Gasteiger partial charge on any atom is 0.271 e. The molecule has 0 unspecified atom stereocenters. The minimum Gasteiger partial charge on any atom is -0.493 e. The second-order valence-corrected chi connectivity index (χ2v) is 6.82. The fraction of sp³-hybridized carbons (Fsp3) is 0.227. The van der Waals surface area contributed by atoms with E-state index in [1.165, 1.54) is 6.33 Å². The molecule has 1 aromatic carbocycles. The zero-order valence-electron chi connectivity index (χ0n) is 17.9. The highest BCUT2D eigenvalue weighted by Crippen LogP contribution is 2.28. The molecular weight excluding hydrogens is 412 g/mol. The zero-order chi connectivity index (χ0) is 22.5. The van der Waals surface area contributed by atoms with Gasteiger partial charge in [0.2, 0.25) is 0 Å². The summed E-state index contributed by atoms with van der Waals surface area (Å²) in [4.78, 5) is 25.3. The highest BCUT2D eigenvalue weighted by Gasteiger charge is 2.13. The predicted octanol–water partition coefficient (Wildman–Crippen LogP) is 2.96. The van der Waals surface area contributed by atoms with Crippen molar-refractivity contribution in [1.82, 2.24) is 30.0 Å². The van der Waals surface area contributed by atoms with Gasteiger partial charge in [-0.25, -0.2) is 9.97 Å². The molecule has 0 aliphatic rings. The van der Waals surface area contributed by atoms with E-state index in [0.29, 0.717) is 42.2 Å². The van der Waals surface area contributed by atoms with Gasteiger partial charge in [0.25, 0.3) is 11.8 Å². The van der Waals surface area contributed by atoms with E-state index in [9.17, 15) is 4.79 Å². The van der Waals surface area contributed by atoms with Gasteiger partial charge in [-0.05, 0) is 43.7 Å². The van der Waals surface area contributed by atoms with Gasteiger partial charge in [0.1, 0.15) is 17.8 Å². The molecule has 0 aliphatic heterocycles. The van der Waals surface area contributed by atoms with E-state index in [2.05, 4.69) is 25.4 Å². The van der Waals surface area contributed by atoms with Crippen LogP contribution < -0.4 is 14.8 Å². The van der Waals surface area contributed by atoms with Crippen molar-refractivity contribution in [2.45, 2.75) is 20.4 Å². The number of pyridine rings is 1. The minimum absolute atomic E-state index is 0.268. The van der Waals surface area contributed by atoms with E-state index in [0.717, 1.165) is 11.1 Å². The molecule has 0 fully saturated rings. The van der Waals surface area contributed by atoms with Gasteiger partial charge in [-0.3, -0.25) is 9.36 Å². The van der Waals surface area contributed by atoms with Crippen molar-refractivity contribution in [2.75, 3.05) is 13.7 Å². The quantitative estimate of drug-likeness (QED) is 0.450. The molecule has 4 aromatic rings. The van der Waals surface area contributed by atoms with Crippen molar-refractivity contribution in [3.05, 3.63) is 66.1 Å². The van der Waals surface area contributed by atoms with Crippen LogP contribution in [0.5, 0.6) is 11.5 Å². The van der Waals surface area contributed by atoms with Crippen LogP contribution in [0.3, 0.4) is 0 Å². The summed E-state index contributed by atoms with van der Waals surface area (Å²) in [7, 11) is 1.59. The van der Waals surface area contributed by atoms with Gasteiger partial charge in [-0.1, -0.05) is 11.2 Å². The summed E-state index contributed by atoms with van der Waals surface area (Å²) in [6.07, 6.45) is 4.77. The molecule has 10 nitrogen and oxygen atoms in total. The van der Waals surface area contributed by atoms with Crippen LogP contribution >= 0.6 is 0 Å². The molecule has 0 radical (unpaired) electrons. The SMILES string of the molecule is CCOc1cc(CNC(=O)c2cn(-c3cc(-c4nc(C)no4)ccn3)cn2)ccc1OC. The van der Waals surface area contributed by atoms with Crippen molar-refractivity contribution in [2.24, 2.45) is 0 Å². The number of aromatic nitrogens is 5. The van der Waals surface area contributed by atoms with Gasteiger partial charge < -0.3 is 19.3 Å². The number of methoxy groups -OCH3 is 1. The highest BCUT2D eigenvalue weighted by atomic mass is 16.5. The first-order chi connectivity index (χ1) is 15.6. The van der Waals surface area contributed by atoms with Gasteiger partial charge in [0, 0.05) is 24.5 Å². The number of benzene rings is 1. The van der Waals surface area contributed by atoms with Crippen LogP contribution in [0.2, 0.25) is 0 Å².